The van der Waals surface area contributed by atoms with Crippen molar-refractivity contribution < 1.29 is 0 Å². The van der Waals surface area contributed by atoms with Crippen molar-refractivity contribution in [3.8, 4) is 0 Å². The van der Waals surface area contributed by atoms with Gasteiger partial charge in [-0.1, -0.05) is 0 Å². The Morgan fingerprint density at radius 1 is 1.00 bits per heavy atom. The molecule has 0 saturated carbocycles. The Bertz CT molecular complexity index is 385. The lowest BCUT2D eigenvalue weighted by Gasteiger charge is -2.48. The maximum Gasteiger partial charge on any atom is 0.0238 e. The smallest absolute Gasteiger partial charge is 0.0238 e. The number of nitrogens with one attached hydrogen (secondary N) is 2. The van der Waals surface area contributed by atoms with Gasteiger partial charge in [0.15, 0.2) is 0 Å². The summed E-state index contributed by atoms with van der Waals surface area (Å²) in [6, 6.07) is 3.76. The Hall–Kier alpha value is -0.160. The Balaban J connectivity index is 1.25. The predicted octanol–water partition coefficient (Wildman–Crippen LogP) is 1.13. The fourth-order valence-electron chi connectivity index (χ4n) is 5.26. The molecule has 0 radical (unpaired) electrons. The minimum absolute atomic E-state index is 0.709. The van der Waals surface area contributed by atoms with Gasteiger partial charge in [-0.05, 0) is 65.0 Å². The molecule has 22 heavy (non-hydrogen) atoms. The number of piperidine rings is 1. The first-order valence-corrected chi connectivity index (χ1v) is 9.57. The monoisotopic (exact) mass is 306 g/mol. The van der Waals surface area contributed by atoms with Crippen LogP contribution < -0.4 is 10.6 Å². The summed E-state index contributed by atoms with van der Waals surface area (Å²) < 4.78 is 0. The zero-order valence-corrected chi connectivity index (χ0v) is 14.6. The molecular weight excluding hydrogens is 272 g/mol. The van der Waals surface area contributed by atoms with Gasteiger partial charge in [0, 0.05) is 49.8 Å². The predicted molar refractivity (Wildman–Crippen MR) is 91.1 cm³/mol. The molecule has 0 aromatic rings. The number of hydrogen-bond donors (Lipinski definition) is 2. The summed E-state index contributed by atoms with van der Waals surface area (Å²) in [6.07, 6.45) is 4.15. The maximum absolute atomic E-state index is 3.96. The first-order chi connectivity index (χ1) is 10.6. The molecule has 0 bridgehead atoms. The summed E-state index contributed by atoms with van der Waals surface area (Å²) in [5.74, 6) is 1.88. The second kappa shape index (κ2) is 6.04. The van der Waals surface area contributed by atoms with E-state index in [9.17, 15) is 0 Å². The zero-order valence-electron chi connectivity index (χ0n) is 14.6. The molecule has 4 nitrogen and oxygen atoms in total. The Morgan fingerprint density at radius 3 is 2.45 bits per heavy atom. The van der Waals surface area contributed by atoms with Gasteiger partial charge in [0.05, 0.1) is 0 Å². The van der Waals surface area contributed by atoms with E-state index in [-0.39, 0.29) is 0 Å². The summed E-state index contributed by atoms with van der Waals surface area (Å²) in [5.41, 5.74) is 0. The van der Waals surface area contributed by atoms with Crippen LogP contribution >= 0.6 is 0 Å². The van der Waals surface area contributed by atoms with Crippen molar-refractivity contribution in [2.24, 2.45) is 11.8 Å². The fraction of sp³-hybridized carbons (Fsp3) is 1.00. The van der Waals surface area contributed by atoms with Gasteiger partial charge in [0.2, 0.25) is 0 Å². The molecule has 6 atom stereocenters. The van der Waals surface area contributed by atoms with E-state index in [4.69, 9.17) is 0 Å². The second-order valence-electron chi connectivity index (χ2n) is 8.66. The minimum atomic E-state index is 0.709. The highest BCUT2D eigenvalue weighted by Crippen LogP contribution is 2.32. The molecule has 0 aromatic heterocycles. The first-order valence-electron chi connectivity index (χ1n) is 9.57. The van der Waals surface area contributed by atoms with E-state index in [0.717, 1.165) is 36.0 Å². The van der Waals surface area contributed by atoms with E-state index in [1.165, 1.54) is 52.0 Å². The van der Waals surface area contributed by atoms with Crippen molar-refractivity contribution in [2.45, 2.75) is 70.2 Å². The molecule has 4 heteroatoms. The molecule has 4 aliphatic rings. The summed E-state index contributed by atoms with van der Waals surface area (Å²) in [7, 11) is 0. The van der Waals surface area contributed by atoms with Crippen LogP contribution in [-0.4, -0.2) is 72.7 Å². The number of nitrogens with zero attached hydrogens (tertiary/aromatic N) is 2. The van der Waals surface area contributed by atoms with Gasteiger partial charge in [-0.15, -0.1) is 0 Å². The van der Waals surface area contributed by atoms with Crippen molar-refractivity contribution in [3.63, 3.8) is 0 Å². The molecule has 4 heterocycles. The molecule has 4 fully saturated rings. The van der Waals surface area contributed by atoms with Crippen LogP contribution in [0.2, 0.25) is 0 Å². The molecule has 126 valence electrons. The first kappa shape index (κ1) is 15.4. The quantitative estimate of drug-likeness (QED) is 0.815. The summed E-state index contributed by atoms with van der Waals surface area (Å²) in [6.45, 7) is 13.6. The van der Waals surface area contributed by atoms with Crippen LogP contribution in [0.25, 0.3) is 0 Å². The Labute approximate surface area is 136 Å². The van der Waals surface area contributed by atoms with Crippen molar-refractivity contribution in [2.75, 3.05) is 32.7 Å². The molecule has 0 amide bonds. The number of likely N-dealkylation sites (tertiary alicyclic amines) is 2. The van der Waals surface area contributed by atoms with Crippen molar-refractivity contribution in [3.05, 3.63) is 0 Å². The van der Waals surface area contributed by atoms with Gasteiger partial charge in [0.25, 0.3) is 0 Å². The van der Waals surface area contributed by atoms with Crippen LogP contribution in [0.4, 0.5) is 0 Å². The molecule has 2 N–H and O–H groups in total. The van der Waals surface area contributed by atoms with E-state index < -0.39 is 0 Å². The summed E-state index contributed by atoms with van der Waals surface area (Å²) in [4.78, 5) is 5.39. The molecule has 0 aliphatic carbocycles. The zero-order chi connectivity index (χ0) is 15.3. The van der Waals surface area contributed by atoms with E-state index >= 15 is 0 Å². The van der Waals surface area contributed by atoms with Crippen LogP contribution in [0, 0.1) is 11.8 Å². The lowest BCUT2D eigenvalue weighted by atomic mass is 9.84. The van der Waals surface area contributed by atoms with Crippen LogP contribution in [0.3, 0.4) is 0 Å². The van der Waals surface area contributed by atoms with Crippen LogP contribution in [0.5, 0.6) is 0 Å². The van der Waals surface area contributed by atoms with Gasteiger partial charge in [-0.25, -0.2) is 0 Å². The average molecular weight is 306 g/mol. The molecular formula is C18H34N4. The third-order valence-electron chi connectivity index (χ3n) is 6.92. The van der Waals surface area contributed by atoms with Crippen LogP contribution in [-0.2, 0) is 0 Å². The molecule has 0 spiro atoms. The lowest BCUT2D eigenvalue weighted by Crippen LogP contribution is -2.63. The number of fused-ring (bicyclic) bond motifs is 2. The highest BCUT2D eigenvalue weighted by molar-refractivity contribution is 5.01. The number of rotatable bonds is 4. The SMILES string of the molecule is CC(C)N1CC2CC(CC(C)N3CCC4CNC4C3)NC2C1. The van der Waals surface area contributed by atoms with E-state index in [1.54, 1.807) is 0 Å². The van der Waals surface area contributed by atoms with Gasteiger partial charge >= 0.3 is 0 Å². The fourth-order valence-corrected chi connectivity index (χ4v) is 5.26. The van der Waals surface area contributed by atoms with E-state index in [1.807, 2.05) is 0 Å². The van der Waals surface area contributed by atoms with Gasteiger partial charge < -0.3 is 10.6 Å². The molecule has 4 aliphatic heterocycles. The van der Waals surface area contributed by atoms with Crippen molar-refractivity contribution in [1.29, 1.82) is 0 Å². The van der Waals surface area contributed by atoms with Gasteiger partial charge in [-0.3, -0.25) is 9.80 Å². The molecule has 4 rings (SSSR count). The largest absolute Gasteiger partial charge is 0.312 e. The van der Waals surface area contributed by atoms with Crippen molar-refractivity contribution >= 4 is 0 Å². The van der Waals surface area contributed by atoms with E-state index in [0.29, 0.717) is 6.04 Å². The topological polar surface area (TPSA) is 30.5 Å². The summed E-state index contributed by atoms with van der Waals surface area (Å²) in [5, 5.41) is 7.57. The normalized spacial score (nSPS) is 43.9. The highest BCUT2D eigenvalue weighted by Gasteiger charge is 2.42. The third kappa shape index (κ3) is 2.83. The lowest BCUT2D eigenvalue weighted by molar-refractivity contribution is 0.0556. The third-order valence-corrected chi connectivity index (χ3v) is 6.92. The maximum atomic E-state index is 3.96. The second-order valence-corrected chi connectivity index (χ2v) is 8.66. The van der Waals surface area contributed by atoms with Crippen LogP contribution in [0.15, 0.2) is 0 Å². The number of hydrogen-bond acceptors (Lipinski definition) is 4. The van der Waals surface area contributed by atoms with Gasteiger partial charge in [0.1, 0.15) is 0 Å². The minimum Gasteiger partial charge on any atom is -0.312 e. The van der Waals surface area contributed by atoms with Crippen molar-refractivity contribution in [1.82, 2.24) is 20.4 Å². The Morgan fingerprint density at radius 2 is 1.82 bits per heavy atom. The molecule has 4 saturated heterocycles. The standard InChI is InChI=1S/C18H34N4/c1-12(2)22-9-15-7-16(20-18(15)11-22)6-13(3)21-5-4-14-8-19-17(14)10-21/h12-20H,4-11H2,1-3H3. The Kier molecular flexibility index (Phi) is 4.22. The van der Waals surface area contributed by atoms with Gasteiger partial charge in [-0.2, -0.15) is 0 Å². The van der Waals surface area contributed by atoms with Crippen LogP contribution in [0.1, 0.15) is 40.0 Å². The molecule has 0 aromatic carbocycles. The molecule has 6 unspecified atom stereocenters. The average Bonchev–Trinajstić information content (AvgIpc) is 2.98. The highest BCUT2D eigenvalue weighted by atomic mass is 15.2. The van der Waals surface area contributed by atoms with E-state index in [2.05, 4.69) is 41.2 Å². The summed E-state index contributed by atoms with van der Waals surface area (Å²) >= 11 is 0.